The molecule has 3 rings (SSSR count). The number of hydrogen-bond donors (Lipinski definition) is 1. The van der Waals surface area contributed by atoms with E-state index < -0.39 is 58.5 Å². The van der Waals surface area contributed by atoms with Crippen LogP contribution in [-0.4, -0.2) is 57.1 Å². The standard InChI is InChI=1S/C13H12N2O7S.Na/c1-4(16)22-13(6(17)2-7(13)18)5-3-23-11-8(14)10(19)15(11)9(5)12(20)21;/h8,11H,2-3,14H2,1H3,(H,20,21);/q;+1/p-1/t8-,11-;/m1./s1. The van der Waals surface area contributed by atoms with E-state index in [1.54, 1.807) is 0 Å². The minimum atomic E-state index is -2.26. The Morgan fingerprint density at radius 3 is 2.38 bits per heavy atom. The Morgan fingerprint density at radius 2 is 1.92 bits per heavy atom. The van der Waals surface area contributed by atoms with Gasteiger partial charge in [0.05, 0.1) is 18.1 Å². The first kappa shape index (κ1) is 19.1. The molecule has 2 fully saturated rings. The van der Waals surface area contributed by atoms with Gasteiger partial charge in [0.25, 0.3) is 5.60 Å². The molecule has 1 saturated carbocycles. The predicted octanol–water partition coefficient (Wildman–Crippen LogP) is -5.92. The summed E-state index contributed by atoms with van der Waals surface area (Å²) in [7, 11) is 0. The van der Waals surface area contributed by atoms with Gasteiger partial charge in [0.15, 0.2) is 11.6 Å². The number of carboxylic acids is 1. The number of ether oxygens (including phenoxy) is 1. The van der Waals surface area contributed by atoms with Gasteiger partial charge in [-0.05, 0) is 0 Å². The largest absolute Gasteiger partial charge is 1.00 e. The molecule has 3 aliphatic rings. The zero-order valence-corrected chi connectivity index (χ0v) is 15.7. The number of nitrogens with zero attached hydrogens (tertiary/aromatic N) is 1. The number of rotatable bonds is 3. The predicted molar refractivity (Wildman–Crippen MR) is 72.2 cm³/mol. The molecule has 1 amide bonds. The third-order valence-electron chi connectivity index (χ3n) is 4.03. The van der Waals surface area contributed by atoms with Crippen molar-refractivity contribution in [3.05, 3.63) is 11.3 Å². The smallest absolute Gasteiger partial charge is 0.543 e. The molecule has 11 heteroatoms. The van der Waals surface area contributed by atoms with Crippen molar-refractivity contribution in [1.82, 2.24) is 4.90 Å². The van der Waals surface area contributed by atoms with Crippen LogP contribution in [-0.2, 0) is 28.7 Å². The first-order chi connectivity index (χ1) is 10.7. The number of carbonyl (C=O) groups is 5. The normalized spacial score (nSPS) is 27.6. The maximum Gasteiger partial charge on any atom is 1.00 e. The molecule has 0 bridgehead atoms. The Labute approximate surface area is 162 Å². The quantitative estimate of drug-likeness (QED) is 0.224. The summed E-state index contributed by atoms with van der Waals surface area (Å²) in [4.78, 5) is 59.6. The molecular weight excluding hydrogens is 351 g/mol. The number of thioether (sulfide) groups is 1. The second kappa shape index (κ2) is 6.26. The molecule has 2 N–H and O–H groups in total. The van der Waals surface area contributed by atoms with Crippen LogP contribution in [0.1, 0.15) is 13.3 Å². The average Bonchev–Trinajstić information content (AvgIpc) is 2.50. The average molecular weight is 362 g/mol. The van der Waals surface area contributed by atoms with Gasteiger partial charge in [-0.2, -0.15) is 0 Å². The maximum atomic E-state index is 12.0. The number of amides is 1. The Hall–Kier alpha value is -1.20. The summed E-state index contributed by atoms with van der Waals surface area (Å²) in [5.41, 5.74) is 2.49. The summed E-state index contributed by atoms with van der Waals surface area (Å²) in [6.45, 7) is 1.00. The van der Waals surface area contributed by atoms with Crippen LogP contribution >= 0.6 is 11.8 Å². The Bertz CT molecular complexity index is 705. The fraction of sp³-hybridized carbons (Fsp3) is 0.462. The zero-order valence-electron chi connectivity index (χ0n) is 12.9. The van der Waals surface area contributed by atoms with Gasteiger partial charge in [-0.25, -0.2) is 0 Å². The molecule has 0 unspecified atom stereocenters. The van der Waals surface area contributed by atoms with Crippen LogP contribution < -0.4 is 40.4 Å². The number of aliphatic carboxylic acids is 1. The number of Topliss-reactive ketones (excluding diaryl/α,β-unsaturated/α-hetero) is 2. The van der Waals surface area contributed by atoms with Gasteiger partial charge < -0.3 is 20.4 Å². The first-order valence-electron chi connectivity index (χ1n) is 6.63. The third-order valence-corrected chi connectivity index (χ3v) is 5.33. The molecule has 122 valence electrons. The molecule has 2 aliphatic heterocycles. The minimum absolute atomic E-state index is 0. The summed E-state index contributed by atoms with van der Waals surface area (Å²) in [5, 5.41) is 10.9. The van der Waals surface area contributed by atoms with Gasteiger partial charge in [0.2, 0.25) is 5.91 Å². The van der Waals surface area contributed by atoms with Crippen molar-refractivity contribution in [2.75, 3.05) is 5.75 Å². The van der Waals surface area contributed by atoms with Crippen molar-refractivity contribution in [2.45, 2.75) is 30.4 Å². The number of β-lactam (4-membered cyclic amide) rings is 1. The monoisotopic (exact) mass is 362 g/mol. The van der Waals surface area contributed by atoms with E-state index >= 15 is 0 Å². The van der Waals surface area contributed by atoms with Crippen molar-refractivity contribution in [3.8, 4) is 0 Å². The summed E-state index contributed by atoms with van der Waals surface area (Å²) in [6, 6.07) is -0.867. The van der Waals surface area contributed by atoms with E-state index in [0.29, 0.717) is 0 Å². The number of nitrogens with two attached hydrogens (primary N) is 1. The van der Waals surface area contributed by atoms with E-state index in [-0.39, 0.29) is 40.9 Å². The molecular formula is C13H11N2NaO7S. The van der Waals surface area contributed by atoms with Crippen LogP contribution in [0.2, 0.25) is 0 Å². The molecule has 24 heavy (non-hydrogen) atoms. The summed E-state index contributed by atoms with van der Waals surface area (Å²) < 4.78 is 4.92. The number of hydrogen-bond acceptors (Lipinski definition) is 9. The fourth-order valence-electron chi connectivity index (χ4n) is 2.95. The molecule has 2 atom stereocenters. The molecule has 0 aromatic carbocycles. The molecule has 9 nitrogen and oxygen atoms in total. The van der Waals surface area contributed by atoms with Gasteiger partial charge in [0.1, 0.15) is 11.4 Å². The van der Waals surface area contributed by atoms with Crippen LogP contribution in [0.3, 0.4) is 0 Å². The Morgan fingerprint density at radius 1 is 1.33 bits per heavy atom. The molecule has 0 aromatic rings. The van der Waals surface area contributed by atoms with E-state index in [1.807, 2.05) is 0 Å². The molecule has 1 aliphatic carbocycles. The molecule has 0 radical (unpaired) electrons. The second-order valence-corrected chi connectivity index (χ2v) is 6.45. The van der Waals surface area contributed by atoms with E-state index in [4.69, 9.17) is 10.5 Å². The van der Waals surface area contributed by atoms with Crippen molar-refractivity contribution in [1.29, 1.82) is 0 Å². The van der Waals surface area contributed by atoms with Crippen molar-refractivity contribution >= 4 is 41.2 Å². The van der Waals surface area contributed by atoms with E-state index in [0.717, 1.165) is 23.6 Å². The third kappa shape index (κ3) is 2.36. The van der Waals surface area contributed by atoms with E-state index in [1.165, 1.54) is 0 Å². The summed E-state index contributed by atoms with van der Waals surface area (Å²) in [6.07, 6.45) is -0.460. The number of carbonyl (C=O) groups excluding carboxylic acids is 5. The molecule has 0 spiro atoms. The van der Waals surface area contributed by atoms with Gasteiger partial charge in [-0.1, -0.05) is 0 Å². The summed E-state index contributed by atoms with van der Waals surface area (Å²) >= 11 is 1.10. The molecule has 2 heterocycles. The first-order valence-corrected chi connectivity index (χ1v) is 7.68. The summed E-state index contributed by atoms with van der Waals surface area (Å²) in [5.74, 6) is -4.82. The van der Waals surface area contributed by atoms with Gasteiger partial charge in [-0.15, -0.1) is 11.8 Å². The molecule has 1 saturated heterocycles. The number of fused-ring (bicyclic) bond motifs is 1. The van der Waals surface area contributed by atoms with Crippen molar-refractivity contribution in [2.24, 2.45) is 5.73 Å². The van der Waals surface area contributed by atoms with Crippen molar-refractivity contribution in [3.63, 3.8) is 0 Å². The Balaban J connectivity index is 0.00000208. The van der Waals surface area contributed by atoms with E-state index in [2.05, 4.69) is 0 Å². The Kier molecular flexibility index (Phi) is 4.99. The topological polar surface area (TPSA) is 147 Å². The zero-order chi connectivity index (χ0) is 17.1. The SMILES string of the molecule is CC(=O)OC1(C2=C(C(=O)[O-])N3C(=O)[C@@H](N)[C@H]3SC2)C(=O)CC1=O.[Na+]. The van der Waals surface area contributed by atoms with Gasteiger partial charge in [0, 0.05) is 18.2 Å². The van der Waals surface area contributed by atoms with Crippen LogP contribution in [0.4, 0.5) is 0 Å². The van der Waals surface area contributed by atoms with Crippen LogP contribution in [0.15, 0.2) is 11.3 Å². The maximum absolute atomic E-state index is 12.0. The fourth-order valence-corrected chi connectivity index (χ4v) is 4.31. The van der Waals surface area contributed by atoms with Gasteiger partial charge in [-0.3, -0.25) is 24.1 Å². The molecule has 0 aromatic heterocycles. The second-order valence-electron chi connectivity index (χ2n) is 5.35. The van der Waals surface area contributed by atoms with Crippen molar-refractivity contribution < 1.29 is 63.4 Å². The van der Waals surface area contributed by atoms with Crippen LogP contribution in [0.5, 0.6) is 0 Å². The number of ketones is 2. The minimum Gasteiger partial charge on any atom is -0.543 e. The van der Waals surface area contributed by atoms with Gasteiger partial charge >= 0.3 is 35.5 Å². The number of carboxylic acid groups (broad SMARTS) is 1. The van der Waals surface area contributed by atoms with Crippen LogP contribution in [0.25, 0.3) is 0 Å². The van der Waals surface area contributed by atoms with E-state index in [9.17, 15) is 29.1 Å². The van der Waals surface area contributed by atoms with Crippen LogP contribution in [0, 0.1) is 0 Å². The number of esters is 1.